The Morgan fingerprint density at radius 1 is 0.349 bits per heavy atom. The van der Waals surface area contributed by atoms with E-state index >= 15 is 0 Å². The van der Waals surface area contributed by atoms with Gasteiger partial charge in [-0.05, 0) is 33.4 Å². The third kappa shape index (κ3) is 27.4. The molecule has 0 radical (unpaired) electrons. The van der Waals surface area contributed by atoms with Gasteiger partial charge in [0.25, 0.3) is 0 Å². The summed E-state index contributed by atoms with van der Waals surface area (Å²) in [5.74, 6) is 0. The smallest absolute Gasteiger partial charge is 0.153 e. The molecule has 1 aliphatic rings. The first-order valence-electron chi connectivity index (χ1n) is 20.6. The second kappa shape index (κ2) is 37.6. The van der Waals surface area contributed by atoms with Gasteiger partial charge in [0.05, 0.1) is 0 Å². The molecule has 1 aliphatic carbocycles. The molecule has 6 aromatic carbocycles. The number of benzene rings is 6. The molecule has 0 bridgehead atoms. The van der Waals surface area contributed by atoms with Crippen molar-refractivity contribution in [2.24, 2.45) is 5.41 Å². The Balaban J connectivity index is 0.000000410. The van der Waals surface area contributed by atoms with Crippen LogP contribution in [-0.2, 0) is 20.4 Å². The molecule has 320 valence electrons. The van der Waals surface area contributed by atoms with Gasteiger partial charge in [-0.3, -0.25) is 0 Å². The van der Waals surface area contributed by atoms with Gasteiger partial charge in [-0.15, -0.1) is 0 Å². The topological polar surface area (TPSA) is 69.2 Å². The first-order valence-corrected chi connectivity index (χ1v) is 21.4. The van der Waals surface area contributed by atoms with Crippen LogP contribution in [0.1, 0.15) is 53.6 Å². The van der Waals surface area contributed by atoms with Crippen LogP contribution in [0.15, 0.2) is 241 Å². The van der Waals surface area contributed by atoms with Crippen LogP contribution in [0.5, 0.6) is 0 Å². The van der Waals surface area contributed by atoms with Gasteiger partial charge in [-0.2, -0.15) is 21.3 Å². The van der Waals surface area contributed by atoms with Crippen LogP contribution in [0, 0.1) is 5.41 Å². The second-order valence-corrected chi connectivity index (χ2v) is 14.6. The van der Waals surface area contributed by atoms with Gasteiger partial charge in [-0.25, -0.2) is 0 Å². The van der Waals surface area contributed by atoms with E-state index in [0.29, 0.717) is 5.41 Å². The van der Waals surface area contributed by atoms with E-state index in [-0.39, 0.29) is 0 Å². The summed E-state index contributed by atoms with van der Waals surface area (Å²) < 4.78 is 1.49. The third-order valence-corrected chi connectivity index (χ3v) is 9.94. The zero-order valence-corrected chi connectivity index (χ0v) is 39.0. The SMILES string of the molecule is C(C=Cc1ccccc1)=Cc1ccccc1.C(C=Cc1ccccc1)=Cc1ccccc1.C(C=Cc1ccccc1)=Cc1ccccc1.CC1(C)CC=CC=[C]1[Ti+3].C[O-].C[O-].C[O-]. The zero-order chi connectivity index (χ0) is 46.1. The zero-order valence-electron chi connectivity index (χ0n) is 37.4. The Morgan fingerprint density at radius 3 is 0.683 bits per heavy atom. The van der Waals surface area contributed by atoms with E-state index in [4.69, 9.17) is 15.3 Å². The van der Waals surface area contributed by atoms with Crippen molar-refractivity contribution in [2.45, 2.75) is 20.3 Å². The average Bonchev–Trinajstić information content (AvgIpc) is 3.36. The van der Waals surface area contributed by atoms with Crippen LogP contribution in [-0.4, -0.2) is 21.3 Å². The summed E-state index contributed by atoms with van der Waals surface area (Å²) in [5, 5.41) is 24.8. The van der Waals surface area contributed by atoms with Gasteiger partial charge in [-0.1, -0.05) is 255 Å². The molecule has 4 heteroatoms. The molecule has 0 atom stereocenters. The predicted octanol–water partition coefficient (Wildman–Crippen LogP) is 12.6. The van der Waals surface area contributed by atoms with Crippen molar-refractivity contribution in [1.29, 1.82) is 0 Å². The van der Waals surface area contributed by atoms with Crippen molar-refractivity contribution < 1.29 is 35.8 Å². The maximum Gasteiger partial charge on any atom is -0.153 e. The van der Waals surface area contributed by atoms with Crippen molar-refractivity contribution in [3.05, 3.63) is 274 Å². The van der Waals surface area contributed by atoms with E-state index in [1.54, 1.807) is 0 Å². The van der Waals surface area contributed by atoms with Crippen LogP contribution in [0.3, 0.4) is 0 Å². The van der Waals surface area contributed by atoms with E-state index in [1.165, 1.54) is 43.7 Å². The minimum Gasteiger partial charge on any atom is -0.857 e. The van der Waals surface area contributed by atoms with E-state index in [1.807, 2.05) is 109 Å². The summed E-state index contributed by atoms with van der Waals surface area (Å²) in [6.07, 6.45) is 32.7. The first-order chi connectivity index (χ1) is 31.0. The Morgan fingerprint density at radius 2 is 0.540 bits per heavy atom. The summed E-state index contributed by atoms with van der Waals surface area (Å²) in [5.41, 5.74) is 7.75. The van der Waals surface area contributed by atoms with E-state index in [9.17, 15) is 0 Å². The fraction of sp³-hybridized carbons (Fsp3) is 0.119. The average molecular weight is 867 g/mol. The van der Waals surface area contributed by atoms with Gasteiger partial charge < -0.3 is 15.3 Å². The van der Waals surface area contributed by atoms with Gasteiger partial charge in [0.1, 0.15) is 0 Å². The first kappa shape index (κ1) is 54.9. The largest absolute Gasteiger partial charge is 0.857 e. The molecular weight excluding hydrogens is 805 g/mol. The van der Waals surface area contributed by atoms with E-state index in [0.717, 1.165) is 21.3 Å². The summed E-state index contributed by atoms with van der Waals surface area (Å²) in [6.45, 7) is 4.56. The number of hydrogen-bond donors (Lipinski definition) is 0. The number of allylic oxidation sites excluding steroid dienone is 10. The Labute approximate surface area is 391 Å². The van der Waals surface area contributed by atoms with Crippen molar-refractivity contribution in [2.75, 3.05) is 21.3 Å². The van der Waals surface area contributed by atoms with Crippen molar-refractivity contribution >= 4 is 36.5 Å². The molecule has 0 aliphatic heterocycles. The van der Waals surface area contributed by atoms with Gasteiger partial charge in [0, 0.05) is 0 Å². The molecule has 0 aromatic heterocycles. The summed E-state index contributed by atoms with van der Waals surface area (Å²) in [4.78, 5) is 0. The molecule has 7 rings (SSSR count). The molecule has 0 unspecified atom stereocenters. The van der Waals surface area contributed by atoms with Crippen LogP contribution in [0.25, 0.3) is 36.5 Å². The minimum absolute atomic E-state index is 0.411. The summed E-state index contributed by atoms with van der Waals surface area (Å²) in [6, 6.07) is 61.7. The molecule has 6 aromatic rings. The molecule has 0 saturated carbocycles. The Hall–Kier alpha value is -6.17. The van der Waals surface area contributed by atoms with Crippen LogP contribution in [0.4, 0.5) is 0 Å². The van der Waals surface area contributed by atoms with Gasteiger partial charge in [0.15, 0.2) is 0 Å². The molecule has 0 amide bonds. The fourth-order valence-electron chi connectivity index (χ4n) is 5.25. The third-order valence-electron chi connectivity index (χ3n) is 8.62. The fourth-order valence-corrected chi connectivity index (χ4v) is 5.56. The van der Waals surface area contributed by atoms with Crippen molar-refractivity contribution in [3.8, 4) is 0 Å². The van der Waals surface area contributed by atoms with Crippen LogP contribution in [0.2, 0.25) is 0 Å². The van der Waals surface area contributed by atoms with Crippen LogP contribution >= 0.6 is 0 Å². The summed E-state index contributed by atoms with van der Waals surface area (Å²) in [7, 11) is 2.25. The van der Waals surface area contributed by atoms with Crippen LogP contribution < -0.4 is 15.3 Å². The summed E-state index contributed by atoms with van der Waals surface area (Å²) >= 11 is 2.20. The standard InChI is InChI=1S/3C16H14.C8H11.3CH3O.Ti/c3*1-3-9-15(10-4-1)13-7-8-14-16-11-5-2-6-12-16;1-8(2)6-4-3-5-7-8;3*1-2;/h3*1-14H;3-5H,6H2,1-2H3;3*1H3;/q;;;;3*-1;+3. The molecule has 0 N–H and O–H groups in total. The molecule has 0 saturated heterocycles. The quantitative estimate of drug-likeness (QED) is 0.107. The molecule has 0 spiro atoms. The molecule has 63 heavy (non-hydrogen) atoms. The van der Waals surface area contributed by atoms with E-state index < -0.39 is 0 Å². The minimum atomic E-state index is 0.411. The van der Waals surface area contributed by atoms with Crippen molar-refractivity contribution in [1.82, 2.24) is 0 Å². The Bertz CT molecular complexity index is 1830. The molecule has 0 heterocycles. The maximum atomic E-state index is 8.25. The van der Waals surface area contributed by atoms with Gasteiger partial charge >= 0.3 is 68.2 Å². The molecular formula is C59H62O3Ti. The molecule has 0 fully saturated rings. The maximum absolute atomic E-state index is 8.25. The Kier molecular flexibility index (Phi) is 32.7. The number of hydrogen-bond acceptors (Lipinski definition) is 3. The molecule has 3 nitrogen and oxygen atoms in total. The number of rotatable bonds is 9. The monoisotopic (exact) mass is 866 g/mol. The van der Waals surface area contributed by atoms with Gasteiger partial charge in [0.2, 0.25) is 0 Å². The predicted molar refractivity (Wildman–Crippen MR) is 266 cm³/mol. The normalized spacial score (nSPS) is 12.3. The van der Waals surface area contributed by atoms with Crippen molar-refractivity contribution in [3.63, 3.8) is 0 Å². The second-order valence-electron chi connectivity index (χ2n) is 13.7. The van der Waals surface area contributed by atoms with E-state index in [2.05, 4.69) is 198 Å².